The number of carboxylic acids is 1. The molecule has 0 aromatic rings. The van der Waals surface area contributed by atoms with Crippen molar-refractivity contribution in [3.05, 3.63) is 12.2 Å². The topological polar surface area (TPSA) is 66.4 Å². The van der Waals surface area contributed by atoms with Gasteiger partial charge >= 0.3 is 5.97 Å². The molecule has 0 aromatic carbocycles. The second kappa shape index (κ2) is 6.42. The van der Waals surface area contributed by atoms with Crippen molar-refractivity contribution >= 4 is 11.9 Å². The number of carboxylic acid groups (broad SMARTS) is 1. The lowest BCUT2D eigenvalue weighted by Gasteiger charge is -2.37. The standard InChI is InChI=1S/C16H25NO3/c1-2-12-7-9-16(10-8-12,15(19)20)17-14(18)11-13-5-3-4-6-13/h3,5,12-13H,2,4,6-11H2,1H3,(H,17,18)(H,19,20). The van der Waals surface area contributed by atoms with E-state index in [1.165, 1.54) is 0 Å². The van der Waals surface area contributed by atoms with Crippen molar-refractivity contribution in [2.24, 2.45) is 11.8 Å². The van der Waals surface area contributed by atoms with Gasteiger partial charge in [0.25, 0.3) is 0 Å². The van der Waals surface area contributed by atoms with Gasteiger partial charge in [-0.05, 0) is 50.4 Å². The van der Waals surface area contributed by atoms with E-state index in [4.69, 9.17) is 0 Å². The van der Waals surface area contributed by atoms with Crippen LogP contribution in [0.4, 0.5) is 0 Å². The van der Waals surface area contributed by atoms with Crippen LogP contribution in [0.1, 0.15) is 58.3 Å². The first-order valence-corrected chi connectivity index (χ1v) is 7.77. The van der Waals surface area contributed by atoms with Gasteiger partial charge in [-0.25, -0.2) is 4.79 Å². The van der Waals surface area contributed by atoms with Crippen molar-refractivity contribution in [3.8, 4) is 0 Å². The zero-order valence-electron chi connectivity index (χ0n) is 12.2. The Morgan fingerprint density at radius 1 is 1.30 bits per heavy atom. The summed E-state index contributed by atoms with van der Waals surface area (Å²) in [6.45, 7) is 2.14. The van der Waals surface area contributed by atoms with Crippen LogP contribution in [-0.2, 0) is 9.59 Å². The lowest BCUT2D eigenvalue weighted by molar-refractivity contribution is -0.149. The summed E-state index contributed by atoms with van der Waals surface area (Å²) in [6.07, 6.45) is 10.6. The molecule has 2 aliphatic rings. The number of hydrogen-bond acceptors (Lipinski definition) is 2. The summed E-state index contributed by atoms with van der Waals surface area (Å²) in [5.41, 5.74) is -1.02. The van der Waals surface area contributed by atoms with Gasteiger partial charge in [-0.3, -0.25) is 4.79 Å². The van der Waals surface area contributed by atoms with Gasteiger partial charge < -0.3 is 10.4 Å². The zero-order chi connectivity index (χ0) is 14.6. The minimum atomic E-state index is -1.02. The van der Waals surface area contributed by atoms with Gasteiger partial charge in [-0.15, -0.1) is 0 Å². The van der Waals surface area contributed by atoms with Crippen LogP contribution in [0.2, 0.25) is 0 Å². The highest BCUT2D eigenvalue weighted by Gasteiger charge is 2.42. The maximum Gasteiger partial charge on any atom is 0.329 e. The van der Waals surface area contributed by atoms with Crippen LogP contribution in [0.15, 0.2) is 12.2 Å². The van der Waals surface area contributed by atoms with Crippen molar-refractivity contribution in [1.29, 1.82) is 0 Å². The van der Waals surface area contributed by atoms with Crippen LogP contribution in [0.3, 0.4) is 0 Å². The fourth-order valence-electron chi connectivity index (χ4n) is 3.39. The Morgan fingerprint density at radius 3 is 2.50 bits per heavy atom. The molecule has 1 amide bonds. The van der Waals surface area contributed by atoms with Gasteiger partial charge in [0.1, 0.15) is 5.54 Å². The highest BCUT2D eigenvalue weighted by Crippen LogP contribution is 2.34. The molecular weight excluding hydrogens is 254 g/mol. The predicted molar refractivity (Wildman–Crippen MR) is 77.2 cm³/mol. The van der Waals surface area contributed by atoms with Crippen LogP contribution in [0.5, 0.6) is 0 Å². The van der Waals surface area contributed by atoms with E-state index in [1.54, 1.807) is 0 Å². The Bertz CT molecular complexity index is 395. The van der Waals surface area contributed by atoms with E-state index in [0.29, 0.717) is 25.2 Å². The Hall–Kier alpha value is -1.32. The third-order valence-electron chi connectivity index (χ3n) is 4.88. The van der Waals surface area contributed by atoms with Crippen LogP contribution >= 0.6 is 0 Å². The van der Waals surface area contributed by atoms with E-state index < -0.39 is 11.5 Å². The summed E-state index contributed by atoms with van der Waals surface area (Å²) in [5.74, 6) is -0.0915. The molecule has 4 nitrogen and oxygen atoms in total. The number of allylic oxidation sites excluding steroid dienone is 2. The maximum atomic E-state index is 12.1. The normalized spacial score (nSPS) is 33.0. The molecule has 112 valence electrons. The molecule has 4 heteroatoms. The smallest absolute Gasteiger partial charge is 0.329 e. The molecule has 0 aromatic heterocycles. The average Bonchev–Trinajstić information content (AvgIpc) is 2.92. The molecule has 20 heavy (non-hydrogen) atoms. The molecule has 2 N–H and O–H groups in total. The zero-order valence-corrected chi connectivity index (χ0v) is 12.2. The largest absolute Gasteiger partial charge is 0.480 e. The molecule has 1 atom stereocenters. The van der Waals surface area contributed by atoms with Gasteiger partial charge in [0.2, 0.25) is 5.91 Å². The second-order valence-corrected chi connectivity index (χ2v) is 6.26. The van der Waals surface area contributed by atoms with Gasteiger partial charge in [0, 0.05) is 6.42 Å². The summed E-state index contributed by atoms with van der Waals surface area (Å²) in [4.78, 5) is 23.7. The van der Waals surface area contributed by atoms with Crippen molar-refractivity contribution < 1.29 is 14.7 Å². The number of nitrogens with one attached hydrogen (secondary N) is 1. The Morgan fingerprint density at radius 2 is 2.00 bits per heavy atom. The fraction of sp³-hybridized carbons (Fsp3) is 0.750. The van der Waals surface area contributed by atoms with Crippen LogP contribution in [0, 0.1) is 11.8 Å². The van der Waals surface area contributed by atoms with E-state index >= 15 is 0 Å². The third kappa shape index (κ3) is 3.41. The molecule has 0 bridgehead atoms. The second-order valence-electron chi connectivity index (χ2n) is 6.26. The van der Waals surface area contributed by atoms with E-state index in [-0.39, 0.29) is 11.8 Å². The SMILES string of the molecule is CCC1CCC(NC(=O)CC2C=CCC2)(C(=O)O)CC1. The highest BCUT2D eigenvalue weighted by molar-refractivity contribution is 5.87. The Balaban J connectivity index is 1.93. The number of rotatable bonds is 5. The van der Waals surface area contributed by atoms with Gasteiger partial charge in [0.15, 0.2) is 0 Å². The summed E-state index contributed by atoms with van der Waals surface area (Å²) in [6, 6.07) is 0. The highest BCUT2D eigenvalue weighted by atomic mass is 16.4. The van der Waals surface area contributed by atoms with E-state index in [1.807, 2.05) is 0 Å². The monoisotopic (exact) mass is 279 g/mol. The first-order chi connectivity index (χ1) is 9.55. The lowest BCUT2D eigenvalue weighted by atomic mass is 9.75. The molecule has 1 unspecified atom stereocenters. The molecular formula is C16H25NO3. The predicted octanol–water partition coefficient (Wildman–Crippen LogP) is 2.88. The Kier molecular flexibility index (Phi) is 4.84. The van der Waals surface area contributed by atoms with Crippen LogP contribution in [0.25, 0.3) is 0 Å². The van der Waals surface area contributed by atoms with E-state index in [0.717, 1.165) is 32.1 Å². The summed E-state index contributed by atoms with van der Waals surface area (Å²) < 4.78 is 0. The van der Waals surface area contributed by atoms with Gasteiger partial charge in [0.05, 0.1) is 0 Å². The molecule has 0 aliphatic heterocycles. The number of aliphatic carboxylic acids is 1. The summed E-state index contributed by atoms with van der Waals surface area (Å²) in [7, 11) is 0. The van der Waals surface area contributed by atoms with Crippen molar-refractivity contribution in [2.45, 2.75) is 63.8 Å². The molecule has 1 fully saturated rings. The molecule has 2 rings (SSSR count). The van der Waals surface area contributed by atoms with Gasteiger partial charge in [-0.1, -0.05) is 25.5 Å². The van der Waals surface area contributed by atoms with Gasteiger partial charge in [-0.2, -0.15) is 0 Å². The van der Waals surface area contributed by atoms with Crippen LogP contribution < -0.4 is 5.32 Å². The maximum absolute atomic E-state index is 12.1. The fourth-order valence-corrected chi connectivity index (χ4v) is 3.39. The van der Waals surface area contributed by atoms with Crippen molar-refractivity contribution in [2.75, 3.05) is 0 Å². The average molecular weight is 279 g/mol. The molecule has 0 heterocycles. The molecule has 0 radical (unpaired) electrons. The molecule has 2 aliphatic carbocycles. The first-order valence-electron chi connectivity index (χ1n) is 7.77. The number of carbonyl (C=O) groups excluding carboxylic acids is 1. The van der Waals surface area contributed by atoms with E-state index in [9.17, 15) is 14.7 Å². The quantitative estimate of drug-likeness (QED) is 0.760. The molecule has 0 spiro atoms. The molecule has 1 saturated carbocycles. The van der Waals surface area contributed by atoms with E-state index in [2.05, 4.69) is 24.4 Å². The third-order valence-corrected chi connectivity index (χ3v) is 4.88. The lowest BCUT2D eigenvalue weighted by Crippen LogP contribution is -2.56. The van der Waals surface area contributed by atoms with Crippen molar-refractivity contribution in [1.82, 2.24) is 5.32 Å². The first kappa shape index (κ1) is 15.1. The van der Waals surface area contributed by atoms with Crippen LogP contribution in [-0.4, -0.2) is 22.5 Å². The summed E-state index contributed by atoms with van der Waals surface area (Å²) >= 11 is 0. The van der Waals surface area contributed by atoms with Crippen molar-refractivity contribution in [3.63, 3.8) is 0 Å². The summed E-state index contributed by atoms with van der Waals surface area (Å²) in [5, 5.41) is 12.4. The Labute approximate surface area is 120 Å². The molecule has 0 saturated heterocycles. The minimum absolute atomic E-state index is 0.112. The number of hydrogen-bond donors (Lipinski definition) is 2. The number of carbonyl (C=O) groups is 2. The number of amides is 1. The minimum Gasteiger partial charge on any atom is -0.480 e.